The van der Waals surface area contributed by atoms with Gasteiger partial charge in [-0.1, -0.05) is 47.6 Å². The maximum atomic E-state index is 6.45. The van der Waals surface area contributed by atoms with E-state index >= 15 is 0 Å². The standard InChI is InChI=1S/C15H19Cl3N2.2ClH/c16-11-8-12(15(18)13(17)9-11)14(7-10-1-2-10)20-5-3-19-4-6-20;;/h8-10,14,19H,1-7H2;2*1H/t14-;;/m1../s1. The molecule has 0 aromatic heterocycles. The lowest BCUT2D eigenvalue weighted by molar-refractivity contribution is 0.160. The first-order chi connectivity index (χ1) is 9.65. The minimum Gasteiger partial charge on any atom is -0.314 e. The molecular formula is C15H21Cl5N2. The smallest absolute Gasteiger partial charge is 0.0641 e. The number of halogens is 5. The predicted octanol–water partition coefficient (Wildman–Crippen LogP) is 5.24. The van der Waals surface area contributed by atoms with Crippen LogP contribution in [0.2, 0.25) is 15.1 Å². The van der Waals surface area contributed by atoms with Crippen molar-refractivity contribution in [3.05, 3.63) is 32.8 Å². The number of nitrogens with one attached hydrogen (secondary N) is 1. The molecule has 1 saturated heterocycles. The molecule has 1 heterocycles. The summed E-state index contributed by atoms with van der Waals surface area (Å²) in [7, 11) is 0. The van der Waals surface area contributed by atoms with Gasteiger partial charge in [0, 0.05) is 37.2 Å². The van der Waals surface area contributed by atoms with Crippen LogP contribution in [0.1, 0.15) is 30.9 Å². The van der Waals surface area contributed by atoms with Crippen LogP contribution in [0.5, 0.6) is 0 Å². The normalized spacial score (nSPS) is 20.0. The Morgan fingerprint density at radius 1 is 1.09 bits per heavy atom. The van der Waals surface area contributed by atoms with E-state index in [9.17, 15) is 0 Å². The second kappa shape index (κ2) is 9.17. The van der Waals surface area contributed by atoms with Crippen LogP contribution in [-0.4, -0.2) is 31.1 Å². The molecule has 1 aliphatic carbocycles. The van der Waals surface area contributed by atoms with Gasteiger partial charge in [0.1, 0.15) is 0 Å². The lowest BCUT2D eigenvalue weighted by atomic mass is 9.98. The Morgan fingerprint density at radius 3 is 2.32 bits per heavy atom. The maximum absolute atomic E-state index is 6.45. The molecule has 1 saturated carbocycles. The fourth-order valence-electron chi connectivity index (χ4n) is 2.95. The summed E-state index contributed by atoms with van der Waals surface area (Å²) in [4.78, 5) is 2.52. The first-order valence-corrected chi connectivity index (χ1v) is 8.37. The quantitative estimate of drug-likeness (QED) is 0.688. The van der Waals surface area contributed by atoms with Gasteiger partial charge in [-0.25, -0.2) is 0 Å². The zero-order valence-corrected chi connectivity index (χ0v) is 16.1. The molecule has 2 nitrogen and oxygen atoms in total. The molecule has 0 amide bonds. The molecule has 126 valence electrons. The number of hydrogen-bond acceptors (Lipinski definition) is 2. The topological polar surface area (TPSA) is 15.3 Å². The maximum Gasteiger partial charge on any atom is 0.0641 e. The van der Waals surface area contributed by atoms with Crippen LogP contribution in [0, 0.1) is 5.92 Å². The van der Waals surface area contributed by atoms with Crippen molar-refractivity contribution in [2.75, 3.05) is 26.2 Å². The predicted molar refractivity (Wildman–Crippen MR) is 100 cm³/mol. The minimum atomic E-state index is 0. The van der Waals surface area contributed by atoms with Crippen LogP contribution in [0.3, 0.4) is 0 Å². The van der Waals surface area contributed by atoms with Gasteiger partial charge in [0.15, 0.2) is 0 Å². The van der Waals surface area contributed by atoms with Crippen LogP contribution in [0.25, 0.3) is 0 Å². The van der Waals surface area contributed by atoms with Gasteiger partial charge < -0.3 is 5.32 Å². The molecule has 0 radical (unpaired) electrons. The molecule has 1 N–H and O–H groups in total. The van der Waals surface area contributed by atoms with Gasteiger partial charge in [-0.05, 0) is 30.0 Å². The monoisotopic (exact) mass is 404 g/mol. The molecular weight excluding hydrogens is 385 g/mol. The highest BCUT2D eigenvalue weighted by Crippen LogP contribution is 2.43. The van der Waals surface area contributed by atoms with E-state index in [1.807, 2.05) is 6.07 Å². The van der Waals surface area contributed by atoms with E-state index in [2.05, 4.69) is 10.2 Å². The van der Waals surface area contributed by atoms with Crippen molar-refractivity contribution in [1.82, 2.24) is 10.2 Å². The van der Waals surface area contributed by atoms with Crippen LogP contribution >= 0.6 is 59.6 Å². The van der Waals surface area contributed by atoms with E-state index in [1.165, 1.54) is 12.8 Å². The highest BCUT2D eigenvalue weighted by Gasteiger charge is 2.32. The molecule has 2 fully saturated rings. The van der Waals surface area contributed by atoms with Gasteiger partial charge in [0.05, 0.1) is 10.0 Å². The first kappa shape index (κ1) is 20.6. The average Bonchev–Trinajstić information content (AvgIpc) is 3.25. The van der Waals surface area contributed by atoms with Gasteiger partial charge in [0.2, 0.25) is 0 Å². The SMILES string of the molecule is Cl.Cl.Clc1cc(Cl)c(Cl)c([C@@H](CC2CC2)N2CCNCC2)c1. The molecule has 2 aliphatic rings. The average molecular weight is 407 g/mol. The molecule has 1 aromatic carbocycles. The van der Waals surface area contributed by atoms with Gasteiger partial charge in [-0.2, -0.15) is 0 Å². The molecule has 1 aromatic rings. The van der Waals surface area contributed by atoms with Crippen molar-refractivity contribution < 1.29 is 0 Å². The summed E-state index contributed by atoms with van der Waals surface area (Å²) in [5.41, 5.74) is 1.10. The van der Waals surface area contributed by atoms with Crippen molar-refractivity contribution in [2.24, 2.45) is 5.92 Å². The van der Waals surface area contributed by atoms with Gasteiger partial charge in [-0.3, -0.25) is 4.90 Å². The van der Waals surface area contributed by atoms with E-state index in [0.717, 1.165) is 44.1 Å². The molecule has 3 rings (SSSR count). The van der Waals surface area contributed by atoms with Crippen molar-refractivity contribution in [3.63, 3.8) is 0 Å². The van der Waals surface area contributed by atoms with Crippen LogP contribution in [0.15, 0.2) is 12.1 Å². The molecule has 1 atom stereocenters. The highest BCUT2D eigenvalue weighted by atomic mass is 35.5. The Balaban J connectivity index is 0.00000121. The van der Waals surface area contributed by atoms with Gasteiger partial charge in [-0.15, -0.1) is 24.8 Å². The summed E-state index contributed by atoms with van der Waals surface area (Å²) in [5.74, 6) is 0.837. The van der Waals surface area contributed by atoms with Gasteiger partial charge >= 0.3 is 0 Å². The summed E-state index contributed by atoms with van der Waals surface area (Å²) in [5, 5.41) is 5.30. The summed E-state index contributed by atoms with van der Waals surface area (Å²) in [6.07, 6.45) is 3.85. The number of nitrogens with zero attached hydrogens (tertiary/aromatic N) is 1. The number of benzene rings is 1. The van der Waals surface area contributed by atoms with Crippen LogP contribution < -0.4 is 5.32 Å². The Morgan fingerprint density at radius 2 is 1.73 bits per heavy atom. The van der Waals surface area contributed by atoms with E-state index < -0.39 is 0 Å². The molecule has 22 heavy (non-hydrogen) atoms. The largest absolute Gasteiger partial charge is 0.314 e. The fraction of sp³-hybridized carbons (Fsp3) is 0.600. The summed E-state index contributed by atoms with van der Waals surface area (Å²) >= 11 is 18.8. The Hall–Kier alpha value is 0.590. The highest BCUT2D eigenvalue weighted by molar-refractivity contribution is 6.43. The lowest BCUT2D eigenvalue weighted by Crippen LogP contribution is -2.45. The first-order valence-electron chi connectivity index (χ1n) is 7.24. The third-order valence-electron chi connectivity index (χ3n) is 4.23. The Bertz CT molecular complexity index is 487. The fourth-order valence-corrected chi connectivity index (χ4v) is 3.70. The summed E-state index contributed by atoms with van der Waals surface area (Å²) < 4.78 is 0. The van der Waals surface area contributed by atoms with Crippen LogP contribution in [0.4, 0.5) is 0 Å². The lowest BCUT2D eigenvalue weighted by Gasteiger charge is -2.36. The Kier molecular flexibility index (Phi) is 8.60. The Labute approximate surface area is 159 Å². The molecule has 0 bridgehead atoms. The number of piperazine rings is 1. The van der Waals surface area contributed by atoms with Crippen molar-refractivity contribution in [2.45, 2.75) is 25.3 Å². The third kappa shape index (κ3) is 5.04. The third-order valence-corrected chi connectivity index (χ3v) is 5.26. The van der Waals surface area contributed by atoms with Crippen molar-refractivity contribution in [1.29, 1.82) is 0 Å². The molecule has 7 heteroatoms. The van der Waals surface area contributed by atoms with Crippen molar-refractivity contribution in [3.8, 4) is 0 Å². The summed E-state index contributed by atoms with van der Waals surface area (Å²) in [6.45, 7) is 4.18. The van der Waals surface area contributed by atoms with Crippen molar-refractivity contribution >= 4 is 59.6 Å². The molecule has 0 spiro atoms. The number of hydrogen-bond donors (Lipinski definition) is 1. The second-order valence-electron chi connectivity index (χ2n) is 5.77. The second-order valence-corrected chi connectivity index (χ2v) is 6.99. The molecule has 0 unspecified atom stereocenters. The van der Waals surface area contributed by atoms with Crippen LogP contribution in [-0.2, 0) is 0 Å². The summed E-state index contributed by atoms with van der Waals surface area (Å²) in [6, 6.07) is 4.06. The van der Waals surface area contributed by atoms with E-state index in [1.54, 1.807) is 6.07 Å². The van der Waals surface area contributed by atoms with E-state index in [0.29, 0.717) is 21.1 Å². The van der Waals surface area contributed by atoms with Gasteiger partial charge in [0.25, 0.3) is 0 Å². The zero-order valence-electron chi connectivity index (χ0n) is 12.2. The van der Waals surface area contributed by atoms with E-state index in [-0.39, 0.29) is 24.8 Å². The zero-order chi connectivity index (χ0) is 14.1. The number of rotatable bonds is 4. The van der Waals surface area contributed by atoms with E-state index in [4.69, 9.17) is 34.8 Å². The minimum absolute atomic E-state index is 0. The molecule has 1 aliphatic heterocycles.